The maximum atomic E-state index is 10.8. The molecule has 1 aliphatic heterocycles. The van der Waals surface area contributed by atoms with Crippen LogP contribution in [-0.2, 0) is 16.0 Å². The van der Waals surface area contributed by atoms with Gasteiger partial charge >= 0.3 is 6.09 Å². The number of amides is 1. The summed E-state index contributed by atoms with van der Waals surface area (Å²) in [6, 6.07) is 10.3. The van der Waals surface area contributed by atoms with Crippen LogP contribution < -0.4 is 5.73 Å². The molecule has 104 valence electrons. The van der Waals surface area contributed by atoms with Crippen LogP contribution in [0.3, 0.4) is 0 Å². The third-order valence-corrected chi connectivity index (χ3v) is 3.40. The van der Waals surface area contributed by atoms with Crippen LogP contribution in [0.1, 0.15) is 12.0 Å². The van der Waals surface area contributed by atoms with Crippen molar-refractivity contribution in [3.05, 3.63) is 35.9 Å². The molecule has 2 atom stereocenters. The zero-order valence-corrected chi connectivity index (χ0v) is 11.1. The van der Waals surface area contributed by atoms with Crippen LogP contribution >= 0.6 is 0 Å². The maximum absolute atomic E-state index is 10.8. The van der Waals surface area contributed by atoms with E-state index in [1.807, 2.05) is 18.2 Å². The first-order valence-corrected chi connectivity index (χ1v) is 6.44. The molecule has 5 heteroatoms. The maximum Gasteiger partial charge on any atom is 0.404 e. The molecule has 1 fully saturated rings. The number of rotatable bonds is 4. The molecule has 1 aromatic carbocycles. The first-order chi connectivity index (χ1) is 9.19. The highest BCUT2D eigenvalue weighted by molar-refractivity contribution is 5.64. The van der Waals surface area contributed by atoms with Crippen LogP contribution in [0.2, 0.25) is 0 Å². The van der Waals surface area contributed by atoms with Crippen LogP contribution in [0.4, 0.5) is 4.79 Å². The van der Waals surface area contributed by atoms with Crippen LogP contribution in [-0.4, -0.2) is 43.4 Å². The van der Waals surface area contributed by atoms with E-state index in [1.165, 1.54) is 5.56 Å². The number of methoxy groups -OCH3 is 1. The molecule has 1 aliphatic rings. The van der Waals surface area contributed by atoms with E-state index in [-0.39, 0.29) is 12.2 Å². The number of nitrogens with two attached hydrogens (primary N) is 1. The minimum absolute atomic E-state index is 0.120. The molecule has 1 saturated heterocycles. The average molecular weight is 264 g/mol. The van der Waals surface area contributed by atoms with Crippen molar-refractivity contribution in [2.75, 3.05) is 20.2 Å². The quantitative estimate of drug-likeness (QED) is 0.892. The zero-order chi connectivity index (χ0) is 13.7. The Hall–Kier alpha value is -1.59. The SMILES string of the molecule is CO[C@H]1CN(Cc2ccccc2)CC[C@@H]1OC(N)=O. The van der Waals surface area contributed by atoms with Crippen molar-refractivity contribution in [1.82, 2.24) is 4.90 Å². The van der Waals surface area contributed by atoms with E-state index < -0.39 is 6.09 Å². The molecule has 2 N–H and O–H groups in total. The molecule has 0 aliphatic carbocycles. The summed E-state index contributed by atoms with van der Waals surface area (Å²) in [5, 5.41) is 0. The molecular weight excluding hydrogens is 244 g/mol. The number of carbonyl (C=O) groups is 1. The molecule has 0 saturated carbocycles. The van der Waals surface area contributed by atoms with E-state index in [9.17, 15) is 4.79 Å². The fraction of sp³-hybridized carbons (Fsp3) is 0.500. The standard InChI is InChI=1S/C14H20N2O3/c1-18-13-10-16(8-7-12(13)19-14(15)17)9-11-5-3-2-4-6-11/h2-6,12-13H,7-10H2,1H3,(H2,15,17)/t12-,13-/m0/s1. The highest BCUT2D eigenvalue weighted by Crippen LogP contribution is 2.18. The Labute approximate surface area is 113 Å². The van der Waals surface area contributed by atoms with Gasteiger partial charge in [-0.2, -0.15) is 0 Å². The van der Waals surface area contributed by atoms with Gasteiger partial charge in [-0.25, -0.2) is 4.79 Å². The topological polar surface area (TPSA) is 64.8 Å². The third kappa shape index (κ3) is 3.94. The predicted octanol–water partition coefficient (Wildman–Crippen LogP) is 1.37. The Morgan fingerprint density at radius 3 is 2.74 bits per heavy atom. The summed E-state index contributed by atoms with van der Waals surface area (Å²) >= 11 is 0. The van der Waals surface area contributed by atoms with Crippen molar-refractivity contribution in [3.8, 4) is 0 Å². The molecule has 0 aromatic heterocycles. The van der Waals surface area contributed by atoms with Crippen molar-refractivity contribution in [3.63, 3.8) is 0 Å². The van der Waals surface area contributed by atoms with Gasteiger partial charge in [-0.15, -0.1) is 0 Å². The summed E-state index contributed by atoms with van der Waals surface area (Å²) in [5.41, 5.74) is 6.34. The molecular formula is C14H20N2O3. The molecule has 0 spiro atoms. The van der Waals surface area contributed by atoms with Gasteiger partial charge in [0.2, 0.25) is 0 Å². The molecule has 19 heavy (non-hydrogen) atoms. The third-order valence-electron chi connectivity index (χ3n) is 3.40. The van der Waals surface area contributed by atoms with E-state index >= 15 is 0 Å². The van der Waals surface area contributed by atoms with Gasteiger partial charge in [-0.1, -0.05) is 30.3 Å². The highest BCUT2D eigenvalue weighted by atomic mass is 16.6. The van der Waals surface area contributed by atoms with Gasteiger partial charge in [-0.3, -0.25) is 4.90 Å². The molecule has 1 heterocycles. The number of hydrogen-bond donors (Lipinski definition) is 1. The van der Waals surface area contributed by atoms with E-state index in [1.54, 1.807) is 7.11 Å². The predicted molar refractivity (Wildman–Crippen MR) is 71.6 cm³/mol. The Morgan fingerprint density at radius 1 is 1.37 bits per heavy atom. The molecule has 2 rings (SSSR count). The van der Waals surface area contributed by atoms with Crippen LogP contribution in [0.15, 0.2) is 30.3 Å². The highest BCUT2D eigenvalue weighted by Gasteiger charge is 2.31. The van der Waals surface area contributed by atoms with Gasteiger partial charge in [-0.05, 0) is 12.0 Å². The first kappa shape index (κ1) is 13.8. The van der Waals surface area contributed by atoms with Gasteiger partial charge in [0.05, 0.1) is 0 Å². The average Bonchev–Trinajstić information content (AvgIpc) is 2.41. The summed E-state index contributed by atoms with van der Waals surface area (Å²) in [5.74, 6) is 0. The number of primary amides is 1. The summed E-state index contributed by atoms with van der Waals surface area (Å²) in [7, 11) is 1.63. The largest absolute Gasteiger partial charge is 0.444 e. The fourth-order valence-electron chi connectivity index (χ4n) is 2.45. The number of hydrogen-bond acceptors (Lipinski definition) is 4. The number of piperidine rings is 1. The summed E-state index contributed by atoms with van der Waals surface area (Å²) in [6.07, 6.45) is -0.350. The number of carbonyl (C=O) groups excluding carboxylic acids is 1. The zero-order valence-electron chi connectivity index (χ0n) is 11.1. The number of nitrogens with zero attached hydrogens (tertiary/aromatic N) is 1. The van der Waals surface area contributed by atoms with Crippen LogP contribution in [0.5, 0.6) is 0 Å². The first-order valence-electron chi connectivity index (χ1n) is 6.44. The minimum Gasteiger partial charge on any atom is -0.444 e. The molecule has 0 radical (unpaired) electrons. The lowest BCUT2D eigenvalue weighted by atomic mass is 10.0. The van der Waals surface area contributed by atoms with Gasteiger partial charge in [0.25, 0.3) is 0 Å². The van der Waals surface area contributed by atoms with E-state index in [0.29, 0.717) is 0 Å². The summed E-state index contributed by atoms with van der Waals surface area (Å²) < 4.78 is 10.5. The van der Waals surface area contributed by atoms with Crippen molar-refractivity contribution in [1.29, 1.82) is 0 Å². The normalized spacial score (nSPS) is 24.1. The lowest BCUT2D eigenvalue weighted by molar-refractivity contribution is -0.0661. The lowest BCUT2D eigenvalue weighted by Gasteiger charge is -2.36. The number of likely N-dealkylation sites (tertiary alicyclic amines) is 1. The van der Waals surface area contributed by atoms with Gasteiger partial charge in [0, 0.05) is 26.7 Å². The van der Waals surface area contributed by atoms with Gasteiger partial charge < -0.3 is 15.2 Å². The Balaban J connectivity index is 1.91. The molecule has 0 unspecified atom stereocenters. The Bertz CT molecular complexity index is 410. The molecule has 0 bridgehead atoms. The monoisotopic (exact) mass is 264 g/mol. The van der Waals surface area contributed by atoms with E-state index in [4.69, 9.17) is 15.2 Å². The minimum atomic E-state index is -0.733. The fourth-order valence-corrected chi connectivity index (χ4v) is 2.45. The van der Waals surface area contributed by atoms with Crippen molar-refractivity contribution < 1.29 is 14.3 Å². The second-order valence-corrected chi connectivity index (χ2v) is 4.76. The van der Waals surface area contributed by atoms with E-state index in [0.717, 1.165) is 26.1 Å². The van der Waals surface area contributed by atoms with Crippen molar-refractivity contribution >= 4 is 6.09 Å². The molecule has 1 amide bonds. The van der Waals surface area contributed by atoms with E-state index in [2.05, 4.69) is 17.0 Å². The molecule has 1 aromatic rings. The van der Waals surface area contributed by atoms with Gasteiger partial charge in [0.15, 0.2) is 0 Å². The smallest absolute Gasteiger partial charge is 0.404 e. The van der Waals surface area contributed by atoms with Crippen molar-refractivity contribution in [2.24, 2.45) is 5.73 Å². The Kier molecular flexibility index (Phi) is 4.76. The Morgan fingerprint density at radius 2 is 2.11 bits per heavy atom. The second kappa shape index (κ2) is 6.54. The lowest BCUT2D eigenvalue weighted by Crippen LogP contribution is -2.49. The van der Waals surface area contributed by atoms with Crippen LogP contribution in [0.25, 0.3) is 0 Å². The number of ether oxygens (including phenoxy) is 2. The van der Waals surface area contributed by atoms with Crippen molar-refractivity contribution in [2.45, 2.75) is 25.2 Å². The second-order valence-electron chi connectivity index (χ2n) is 4.76. The summed E-state index contributed by atoms with van der Waals surface area (Å²) in [4.78, 5) is 13.1. The van der Waals surface area contributed by atoms with Crippen LogP contribution in [0, 0.1) is 0 Å². The molecule has 5 nitrogen and oxygen atoms in total. The summed E-state index contributed by atoms with van der Waals surface area (Å²) in [6.45, 7) is 2.49. The number of benzene rings is 1. The van der Waals surface area contributed by atoms with Gasteiger partial charge in [0.1, 0.15) is 12.2 Å².